The van der Waals surface area contributed by atoms with Gasteiger partial charge in [-0.1, -0.05) is 58.0 Å². The normalized spacial score (nSPS) is 15.5. The van der Waals surface area contributed by atoms with Gasteiger partial charge in [-0.05, 0) is 18.2 Å². The molecule has 0 bridgehead atoms. The van der Waals surface area contributed by atoms with Gasteiger partial charge in [-0.3, -0.25) is 4.31 Å². The fourth-order valence-electron chi connectivity index (χ4n) is 2.30. The van der Waals surface area contributed by atoms with E-state index in [1.165, 1.54) is 25.2 Å². The number of benzene rings is 2. The molecule has 0 N–H and O–H groups in total. The van der Waals surface area contributed by atoms with Gasteiger partial charge in [0.25, 0.3) is 10.0 Å². The van der Waals surface area contributed by atoms with Crippen molar-refractivity contribution < 1.29 is 8.42 Å². The number of nitrogens with zero attached hydrogens (tertiary/aromatic N) is 1. The maximum Gasteiger partial charge on any atom is 0.264 e. The maximum atomic E-state index is 12.6. The third-order valence-corrected chi connectivity index (χ3v) is 7.21. The van der Waals surface area contributed by atoms with Crippen LogP contribution < -0.4 is 4.31 Å². The largest absolute Gasteiger partial charge is 0.269 e. The van der Waals surface area contributed by atoms with E-state index in [1.807, 2.05) is 0 Å². The smallest absolute Gasteiger partial charge is 0.264 e. The summed E-state index contributed by atoms with van der Waals surface area (Å²) in [6.07, 6.45) is 0. The highest BCUT2D eigenvalue weighted by Gasteiger charge is 2.36. The molecule has 2 aromatic rings. The molecule has 22 heavy (non-hydrogen) atoms. The molecule has 0 saturated heterocycles. The van der Waals surface area contributed by atoms with E-state index < -0.39 is 10.0 Å². The van der Waals surface area contributed by atoms with Gasteiger partial charge in [-0.15, -0.1) is 0 Å². The van der Waals surface area contributed by atoms with Crippen molar-refractivity contribution in [2.75, 3.05) is 11.4 Å². The molecule has 0 aliphatic carbocycles. The minimum absolute atomic E-state index is 0.0113. The van der Waals surface area contributed by atoms with Crippen molar-refractivity contribution in [3.8, 4) is 11.1 Å². The average Bonchev–Trinajstić information content (AvgIpc) is 2.45. The topological polar surface area (TPSA) is 37.4 Å². The van der Waals surface area contributed by atoms with Crippen LogP contribution in [-0.2, 0) is 10.0 Å². The van der Waals surface area contributed by atoms with Gasteiger partial charge in [0.05, 0.1) is 35.7 Å². The molecule has 0 radical (unpaired) electrons. The van der Waals surface area contributed by atoms with E-state index in [-0.39, 0.29) is 30.0 Å². The van der Waals surface area contributed by atoms with E-state index in [2.05, 4.69) is 0 Å². The highest BCUT2D eigenvalue weighted by Crippen LogP contribution is 2.51. The van der Waals surface area contributed by atoms with E-state index in [0.717, 1.165) is 4.31 Å². The number of hydrogen-bond donors (Lipinski definition) is 0. The number of halogens is 5. The summed E-state index contributed by atoms with van der Waals surface area (Å²) in [4.78, 5) is 0.0113. The van der Waals surface area contributed by atoms with Crippen molar-refractivity contribution in [3.63, 3.8) is 0 Å². The first-order valence-corrected chi connectivity index (χ1v) is 9.15. The van der Waals surface area contributed by atoms with Crippen LogP contribution in [0.15, 0.2) is 23.1 Å². The van der Waals surface area contributed by atoms with Crippen molar-refractivity contribution in [3.05, 3.63) is 43.3 Å². The quantitative estimate of drug-likeness (QED) is 0.511. The second-order valence-corrected chi connectivity index (χ2v) is 8.53. The highest BCUT2D eigenvalue weighted by atomic mass is 35.5. The molecule has 3 rings (SSSR count). The van der Waals surface area contributed by atoms with Gasteiger partial charge < -0.3 is 0 Å². The zero-order valence-electron chi connectivity index (χ0n) is 10.8. The lowest BCUT2D eigenvalue weighted by Gasteiger charge is -2.30. The summed E-state index contributed by atoms with van der Waals surface area (Å²) in [5.41, 5.74) is 1.11. The fraction of sp³-hybridized carbons (Fsp3) is 0.0769. The van der Waals surface area contributed by atoms with E-state index in [9.17, 15) is 8.42 Å². The van der Waals surface area contributed by atoms with Gasteiger partial charge in [0.2, 0.25) is 0 Å². The molecular formula is C13H6Cl5NO2S. The molecule has 0 atom stereocenters. The lowest BCUT2D eigenvalue weighted by atomic mass is 10.0. The molecule has 0 amide bonds. The van der Waals surface area contributed by atoms with Gasteiger partial charge in [0.15, 0.2) is 0 Å². The first kappa shape index (κ1) is 16.5. The van der Waals surface area contributed by atoms with Crippen LogP contribution >= 0.6 is 58.0 Å². The zero-order chi connectivity index (χ0) is 16.4. The average molecular weight is 418 g/mol. The van der Waals surface area contributed by atoms with Crippen LogP contribution in [0.4, 0.5) is 5.69 Å². The van der Waals surface area contributed by atoms with Crippen molar-refractivity contribution in [2.45, 2.75) is 4.90 Å². The minimum Gasteiger partial charge on any atom is -0.269 e. The minimum atomic E-state index is -3.79. The summed E-state index contributed by atoms with van der Waals surface area (Å²) in [5.74, 6) is 0. The Morgan fingerprint density at radius 2 is 1.45 bits per heavy atom. The number of fused-ring (bicyclic) bond motifs is 3. The molecular weight excluding hydrogens is 411 g/mol. The summed E-state index contributed by atoms with van der Waals surface area (Å²) in [6, 6.07) is 4.21. The lowest BCUT2D eigenvalue weighted by Crippen LogP contribution is -2.30. The van der Waals surface area contributed by atoms with Crippen molar-refractivity contribution in [1.29, 1.82) is 0 Å². The Morgan fingerprint density at radius 3 is 2.09 bits per heavy atom. The third-order valence-electron chi connectivity index (χ3n) is 3.41. The van der Waals surface area contributed by atoms with Crippen molar-refractivity contribution in [2.24, 2.45) is 0 Å². The second kappa shape index (κ2) is 5.33. The summed E-state index contributed by atoms with van der Waals surface area (Å²) in [6.45, 7) is 0. The van der Waals surface area contributed by atoms with Gasteiger partial charge in [-0.2, -0.15) is 0 Å². The molecule has 9 heteroatoms. The Hall–Kier alpha value is -0.360. The first-order valence-electron chi connectivity index (χ1n) is 5.82. The monoisotopic (exact) mass is 415 g/mol. The summed E-state index contributed by atoms with van der Waals surface area (Å²) >= 11 is 30.3. The fourth-order valence-corrected chi connectivity index (χ4v) is 4.79. The summed E-state index contributed by atoms with van der Waals surface area (Å²) in [7, 11) is -2.39. The molecule has 2 aromatic carbocycles. The van der Waals surface area contributed by atoms with Crippen LogP contribution in [0, 0.1) is 0 Å². The number of hydrogen-bond acceptors (Lipinski definition) is 2. The molecule has 1 aliphatic rings. The number of anilines is 1. The van der Waals surface area contributed by atoms with Crippen LogP contribution in [0.1, 0.15) is 0 Å². The Balaban J connectivity index is 2.53. The standard InChI is InChI=1S/C13H6Cl5NO2S/c1-19-9-3-8(16)12(17)13(18)11(9)5-2-6(14)7(15)4-10(5)22(19,20)21/h2-4H,1H3. The molecule has 0 unspecified atom stereocenters. The Bertz CT molecular complexity index is 927. The highest BCUT2D eigenvalue weighted by molar-refractivity contribution is 7.93. The molecule has 0 fully saturated rings. The Labute approximate surface area is 152 Å². The molecule has 3 nitrogen and oxygen atoms in total. The molecule has 1 aliphatic heterocycles. The molecule has 0 saturated carbocycles. The number of sulfonamides is 1. The predicted octanol–water partition coefficient (Wildman–Crippen LogP) is 5.76. The third kappa shape index (κ3) is 2.20. The van der Waals surface area contributed by atoms with Crippen molar-refractivity contribution >= 4 is 73.7 Å². The molecule has 0 aromatic heterocycles. The Morgan fingerprint density at radius 1 is 0.864 bits per heavy atom. The van der Waals surface area contributed by atoms with E-state index in [1.54, 1.807) is 0 Å². The predicted molar refractivity (Wildman–Crippen MR) is 92.5 cm³/mol. The van der Waals surface area contributed by atoms with Crippen LogP contribution in [0.5, 0.6) is 0 Å². The van der Waals surface area contributed by atoms with E-state index in [4.69, 9.17) is 58.0 Å². The van der Waals surface area contributed by atoms with Gasteiger partial charge in [0.1, 0.15) is 0 Å². The van der Waals surface area contributed by atoms with Crippen LogP contribution in [0.25, 0.3) is 11.1 Å². The lowest BCUT2D eigenvalue weighted by molar-refractivity contribution is 0.594. The van der Waals surface area contributed by atoms with Gasteiger partial charge in [0, 0.05) is 18.2 Å². The zero-order valence-corrected chi connectivity index (χ0v) is 15.4. The van der Waals surface area contributed by atoms with Crippen molar-refractivity contribution in [1.82, 2.24) is 0 Å². The first-order chi connectivity index (χ1) is 10.2. The van der Waals surface area contributed by atoms with Crippen LogP contribution in [0.2, 0.25) is 25.1 Å². The SMILES string of the molecule is CN1c2cc(Cl)c(Cl)c(Cl)c2-c2cc(Cl)c(Cl)cc2S1(=O)=O. The molecule has 116 valence electrons. The summed E-state index contributed by atoms with van der Waals surface area (Å²) in [5, 5.41) is 0.818. The molecule has 1 heterocycles. The van der Waals surface area contributed by atoms with Gasteiger partial charge in [-0.25, -0.2) is 8.42 Å². The van der Waals surface area contributed by atoms with Crippen LogP contribution in [0.3, 0.4) is 0 Å². The second-order valence-electron chi connectivity index (χ2n) is 4.62. The molecule has 0 spiro atoms. The summed E-state index contributed by atoms with van der Waals surface area (Å²) < 4.78 is 26.4. The Kier molecular flexibility index (Phi) is 4.00. The van der Waals surface area contributed by atoms with Gasteiger partial charge >= 0.3 is 0 Å². The maximum absolute atomic E-state index is 12.6. The van der Waals surface area contributed by atoms with E-state index >= 15 is 0 Å². The van der Waals surface area contributed by atoms with E-state index in [0.29, 0.717) is 16.8 Å². The number of rotatable bonds is 0. The van der Waals surface area contributed by atoms with Crippen LogP contribution in [-0.4, -0.2) is 15.5 Å².